The molecule has 0 atom stereocenters. The van der Waals surface area contributed by atoms with Crippen molar-refractivity contribution in [1.29, 1.82) is 0 Å². The van der Waals surface area contributed by atoms with Crippen LogP contribution >= 0.6 is 15.9 Å². The first-order valence-corrected chi connectivity index (χ1v) is 4.65. The zero-order valence-corrected chi connectivity index (χ0v) is 8.60. The van der Waals surface area contributed by atoms with E-state index in [0.29, 0.717) is 15.9 Å². The van der Waals surface area contributed by atoms with E-state index in [9.17, 15) is 4.79 Å². The van der Waals surface area contributed by atoms with Gasteiger partial charge in [-0.15, -0.1) is 0 Å². The van der Waals surface area contributed by atoms with E-state index in [0.717, 1.165) is 0 Å². The highest BCUT2D eigenvalue weighted by Crippen LogP contribution is 2.10. The fourth-order valence-electron chi connectivity index (χ4n) is 1.20. The van der Waals surface area contributed by atoms with Crippen LogP contribution in [0.4, 0.5) is 0 Å². The van der Waals surface area contributed by atoms with Crippen molar-refractivity contribution in [1.82, 2.24) is 14.4 Å². The fourth-order valence-corrected chi connectivity index (χ4v) is 1.51. The lowest BCUT2D eigenvalue weighted by Gasteiger charge is -1.98. The third kappa shape index (κ3) is 1.60. The van der Waals surface area contributed by atoms with E-state index in [1.165, 1.54) is 6.20 Å². The van der Waals surface area contributed by atoms with Gasteiger partial charge >= 0.3 is 5.97 Å². The Morgan fingerprint density at radius 3 is 3.00 bits per heavy atom. The van der Waals surface area contributed by atoms with Gasteiger partial charge in [0.1, 0.15) is 4.60 Å². The molecule has 0 saturated carbocycles. The van der Waals surface area contributed by atoms with Crippen molar-refractivity contribution in [2.75, 3.05) is 0 Å². The number of fused-ring (bicyclic) bond motifs is 1. The van der Waals surface area contributed by atoms with Gasteiger partial charge in [-0.05, 0) is 15.9 Å². The minimum atomic E-state index is -0.875. The second-order valence-corrected chi connectivity index (χ2v) is 3.57. The largest absolute Gasteiger partial charge is 0.481 e. The fraction of sp³-hybridized carbons (Fsp3) is 0.125. The van der Waals surface area contributed by atoms with Crippen LogP contribution in [0.5, 0.6) is 0 Å². The van der Waals surface area contributed by atoms with Crippen LogP contribution in [0.15, 0.2) is 23.2 Å². The van der Waals surface area contributed by atoms with Crippen LogP contribution in [0.3, 0.4) is 0 Å². The van der Waals surface area contributed by atoms with Crippen molar-refractivity contribution < 1.29 is 9.90 Å². The molecule has 0 unspecified atom stereocenters. The van der Waals surface area contributed by atoms with E-state index in [1.807, 2.05) is 0 Å². The highest BCUT2D eigenvalue weighted by Gasteiger charge is 2.07. The number of carbonyl (C=O) groups is 1. The summed E-state index contributed by atoms with van der Waals surface area (Å²) in [6.45, 7) is 0. The second kappa shape index (κ2) is 3.38. The molecule has 0 bridgehead atoms. The summed E-state index contributed by atoms with van der Waals surface area (Å²) in [5.74, 6) is -0.875. The summed E-state index contributed by atoms with van der Waals surface area (Å²) >= 11 is 3.21. The SMILES string of the molecule is O=C(O)Cc1cnc2cnc(Br)cn12. The topological polar surface area (TPSA) is 67.5 Å². The molecule has 2 aromatic heterocycles. The van der Waals surface area contributed by atoms with E-state index in [4.69, 9.17) is 5.11 Å². The normalized spacial score (nSPS) is 10.6. The van der Waals surface area contributed by atoms with Crippen LogP contribution in [0.25, 0.3) is 5.65 Å². The molecule has 0 aliphatic heterocycles. The summed E-state index contributed by atoms with van der Waals surface area (Å²) < 4.78 is 2.35. The van der Waals surface area contributed by atoms with Gasteiger partial charge in [0.2, 0.25) is 0 Å². The number of carboxylic acids is 1. The van der Waals surface area contributed by atoms with Gasteiger partial charge in [0, 0.05) is 12.4 Å². The highest BCUT2D eigenvalue weighted by molar-refractivity contribution is 9.10. The summed E-state index contributed by atoms with van der Waals surface area (Å²) in [6, 6.07) is 0. The zero-order chi connectivity index (χ0) is 10.1. The average molecular weight is 256 g/mol. The van der Waals surface area contributed by atoms with Gasteiger partial charge in [0.25, 0.3) is 0 Å². The molecular weight excluding hydrogens is 250 g/mol. The number of nitrogens with zero attached hydrogens (tertiary/aromatic N) is 3. The molecule has 72 valence electrons. The molecule has 0 aliphatic rings. The van der Waals surface area contributed by atoms with E-state index in [1.54, 1.807) is 16.8 Å². The van der Waals surface area contributed by atoms with Gasteiger partial charge in [-0.3, -0.25) is 9.20 Å². The number of imidazole rings is 1. The van der Waals surface area contributed by atoms with Gasteiger partial charge in [-0.1, -0.05) is 0 Å². The van der Waals surface area contributed by atoms with Gasteiger partial charge in [-0.25, -0.2) is 9.97 Å². The summed E-state index contributed by atoms with van der Waals surface area (Å²) in [4.78, 5) is 18.5. The molecule has 0 fully saturated rings. The Labute approximate surface area is 87.5 Å². The van der Waals surface area contributed by atoms with Crippen molar-refractivity contribution in [2.24, 2.45) is 0 Å². The molecule has 2 rings (SSSR count). The summed E-state index contributed by atoms with van der Waals surface area (Å²) in [7, 11) is 0. The Hall–Kier alpha value is -1.43. The van der Waals surface area contributed by atoms with E-state index >= 15 is 0 Å². The zero-order valence-electron chi connectivity index (χ0n) is 7.01. The highest BCUT2D eigenvalue weighted by atomic mass is 79.9. The van der Waals surface area contributed by atoms with Crippen molar-refractivity contribution in [3.8, 4) is 0 Å². The van der Waals surface area contributed by atoms with Crippen LogP contribution in [-0.4, -0.2) is 25.4 Å². The third-order valence-electron chi connectivity index (χ3n) is 1.77. The first-order valence-electron chi connectivity index (χ1n) is 3.86. The molecular formula is C8H6BrN3O2. The maximum Gasteiger partial charge on any atom is 0.309 e. The standard InChI is InChI=1S/C8H6BrN3O2/c9-6-4-12-5(1-8(13)14)2-11-7(12)3-10-6/h2-4H,1H2,(H,13,14). The molecule has 0 spiro atoms. The van der Waals surface area contributed by atoms with Crippen LogP contribution in [0.1, 0.15) is 5.69 Å². The Balaban J connectivity index is 2.55. The number of rotatable bonds is 2. The smallest absolute Gasteiger partial charge is 0.309 e. The number of halogens is 1. The van der Waals surface area contributed by atoms with Crippen LogP contribution in [-0.2, 0) is 11.2 Å². The van der Waals surface area contributed by atoms with Crippen LogP contribution in [0, 0.1) is 0 Å². The molecule has 1 N–H and O–H groups in total. The minimum Gasteiger partial charge on any atom is -0.481 e. The number of carboxylic acid groups (broad SMARTS) is 1. The quantitative estimate of drug-likeness (QED) is 0.874. The Bertz CT molecular complexity index is 494. The summed E-state index contributed by atoms with van der Waals surface area (Å²) in [5.41, 5.74) is 1.28. The van der Waals surface area contributed by atoms with Gasteiger partial charge < -0.3 is 5.11 Å². The molecule has 0 aliphatic carbocycles. The van der Waals surface area contributed by atoms with Crippen molar-refractivity contribution >= 4 is 27.5 Å². The molecule has 0 aromatic carbocycles. The molecule has 0 saturated heterocycles. The number of aliphatic carboxylic acids is 1. The predicted octanol–water partition coefficient (Wildman–Crippen LogP) is 1.12. The van der Waals surface area contributed by atoms with Crippen LogP contribution in [0.2, 0.25) is 0 Å². The number of hydrogen-bond acceptors (Lipinski definition) is 3. The molecule has 2 aromatic rings. The third-order valence-corrected chi connectivity index (χ3v) is 2.18. The van der Waals surface area contributed by atoms with Crippen LogP contribution < -0.4 is 0 Å². The number of hydrogen-bond donors (Lipinski definition) is 1. The lowest BCUT2D eigenvalue weighted by atomic mass is 10.3. The monoisotopic (exact) mass is 255 g/mol. The molecule has 0 radical (unpaired) electrons. The van der Waals surface area contributed by atoms with Gasteiger partial charge in [-0.2, -0.15) is 0 Å². The van der Waals surface area contributed by atoms with Crippen molar-refractivity contribution in [3.05, 3.63) is 28.9 Å². The first-order chi connectivity index (χ1) is 6.66. The molecule has 2 heterocycles. The van der Waals surface area contributed by atoms with E-state index in [2.05, 4.69) is 25.9 Å². The first kappa shape index (κ1) is 9.14. The Morgan fingerprint density at radius 2 is 2.29 bits per heavy atom. The molecule has 0 amide bonds. The van der Waals surface area contributed by atoms with Crippen molar-refractivity contribution in [2.45, 2.75) is 6.42 Å². The van der Waals surface area contributed by atoms with E-state index in [-0.39, 0.29) is 6.42 Å². The predicted molar refractivity (Wildman–Crippen MR) is 52.0 cm³/mol. The maximum absolute atomic E-state index is 10.5. The molecule has 6 heteroatoms. The minimum absolute atomic E-state index is 0.0440. The lowest BCUT2D eigenvalue weighted by molar-refractivity contribution is -0.136. The number of aromatic nitrogens is 3. The van der Waals surface area contributed by atoms with Crippen molar-refractivity contribution in [3.63, 3.8) is 0 Å². The summed E-state index contributed by atoms with van der Waals surface area (Å²) in [6.07, 6.45) is 4.77. The Morgan fingerprint density at radius 1 is 1.50 bits per heavy atom. The molecule has 5 nitrogen and oxygen atoms in total. The Kier molecular flexibility index (Phi) is 2.20. The lowest BCUT2D eigenvalue weighted by Crippen LogP contribution is -2.03. The average Bonchev–Trinajstić information content (AvgIpc) is 2.47. The van der Waals surface area contributed by atoms with Gasteiger partial charge in [0.05, 0.1) is 18.3 Å². The summed E-state index contributed by atoms with van der Waals surface area (Å²) in [5, 5.41) is 8.65. The van der Waals surface area contributed by atoms with E-state index < -0.39 is 5.97 Å². The maximum atomic E-state index is 10.5. The second-order valence-electron chi connectivity index (χ2n) is 2.76. The molecule has 14 heavy (non-hydrogen) atoms. The van der Waals surface area contributed by atoms with Gasteiger partial charge in [0.15, 0.2) is 5.65 Å².